The van der Waals surface area contributed by atoms with Crippen LogP contribution in [0, 0.1) is 13.8 Å². The third-order valence-electron chi connectivity index (χ3n) is 6.29. The second-order valence-corrected chi connectivity index (χ2v) is 13.8. The van der Waals surface area contributed by atoms with E-state index in [0.29, 0.717) is 29.6 Å². The Morgan fingerprint density at radius 1 is 0.755 bits per heavy atom. The first kappa shape index (κ1) is 38.0. The Bertz CT molecular complexity index is 2150. The van der Waals surface area contributed by atoms with E-state index >= 15 is 0 Å². The minimum Gasteiger partial charge on any atom is -0.505 e. The van der Waals surface area contributed by atoms with Crippen LogP contribution in [-0.4, -0.2) is 59.9 Å². The summed E-state index contributed by atoms with van der Waals surface area (Å²) in [6, 6.07) is 9.82. The Balaban J connectivity index is 1.81. The molecule has 4 rings (SSSR count). The molecule has 49 heavy (non-hydrogen) atoms. The monoisotopic (exact) mass is 760 g/mol. The molecule has 0 radical (unpaired) electrons. The minimum atomic E-state index is -4.74. The Morgan fingerprint density at radius 2 is 1.43 bits per heavy atom. The van der Waals surface area contributed by atoms with E-state index in [2.05, 4.69) is 39.2 Å². The van der Waals surface area contributed by atoms with Gasteiger partial charge in [-0.2, -0.15) is 21.9 Å². The highest BCUT2D eigenvalue weighted by molar-refractivity contribution is 7.95. The van der Waals surface area contributed by atoms with Gasteiger partial charge in [0.25, 0.3) is 20.2 Å². The summed E-state index contributed by atoms with van der Waals surface area (Å²) >= 11 is 0.895. The third-order valence-corrected chi connectivity index (χ3v) is 9.22. The van der Waals surface area contributed by atoms with Gasteiger partial charge in [-0.3, -0.25) is 9.11 Å². The molecular weight excluding hydrogens is 737 g/mol. The molecule has 0 aromatic heterocycles. The average Bonchev–Trinajstić information content (AvgIpc) is 3.03. The quantitative estimate of drug-likeness (QED) is 0.0241. The van der Waals surface area contributed by atoms with Gasteiger partial charge in [0.2, 0.25) is 0 Å². The molecule has 0 unspecified atom stereocenters. The van der Waals surface area contributed by atoms with E-state index in [4.69, 9.17) is 15.3 Å². The van der Waals surface area contributed by atoms with Crippen LogP contribution in [-0.2, 0) is 39.0 Å². The number of benzene rings is 4. The molecule has 0 saturated heterocycles. The van der Waals surface area contributed by atoms with Gasteiger partial charge in [0.05, 0.1) is 46.2 Å². The molecule has 6 N–H and O–H groups in total. The standard InChI is InChI=1S/C26H24N4O15S4/c1-13-8-19(28-30-25-22(47-45-43-34)10-15-9-17(48(35,36)37)7-14(2)24(15)26(25)32)21(41-6-5-31)12-18(13)27-29-20-11-16(46-44-42-33)3-4-23(20)49(38,39)40/h3-4,7-12,31-34H,5-6H2,1-2H3,(H,35,36,37)(H,38,39,40). The Morgan fingerprint density at radius 3 is 2.08 bits per heavy atom. The van der Waals surface area contributed by atoms with Gasteiger partial charge < -0.3 is 14.9 Å². The number of hydrogen-bond acceptors (Lipinski definition) is 19. The molecule has 4 aromatic carbocycles. The molecule has 0 atom stereocenters. The van der Waals surface area contributed by atoms with Crippen LogP contribution in [0.2, 0.25) is 0 Å². The lowest BCUT2D eigenvalue weighted by atomic mass is 10.0. The summed E-state index contributed by atoms with van der Waals surface area (Å²) in [7, 11) is -9.34. The van der Waals surface area contributed by atoms with Crippen molar-refractivity contribution in [1.82, 2.24) is 0 Å². The van der Waals surface area contributed by atoms with E-state index < -0.39 is 42.4 Å². The molecule has 0 heterocycles. The van der Waals surface area contributed by atoms with Crippen LogP contribution < -0.4 is 4.74 Å². The number of phenols is 1. The van der Waals surface area contributed by atoms with Crippen molar-refractivity contribution < 1.29 is 70.1 Å². The number of aromatic hydroxyl groups is 1. The van der Waals surface area contributed by atoms with E-state index in [0.717, 1.165) is 18.2 Å². The number of hydrogen-bond donors (Lipinski definition) is 6. The molecule has 0 fully saturated rings. The van der Waals surface area contributed by atoms with Crippen molar-refractivity contribution in [3.63, 3.8) is 0 Å². The second kappa shape index (κ2) is 16.3. The fraction of sp³-hybridized carbons (Fsp3) is 0.154. The first-order valence-corrected chi connectivity index (χ1v) is 17.4. The average molecular weight is 761 g/mol. The maximum atomic E-state index is 11.9. The van der Waals surface area contributed by atoms with Gasteiger partial charge in [0.1, 0.15) is 34.3 Å². The highest BCUT2D eigenvalue weighted by Gasteiger charge is 2.21. The molecule has 0 spiro atoms. The smallest absolute Gasteiger partial charge is 0.296 e. The molecule has 0 aliphatic rings. The number of nitrogens with zero attached hydrogens (tertiary/aromatic N) is 4. The first-order valence-electron chi connectivity index (χ1n) is 13.1. The lowest BCUT2D eigenvalue weighted by Crippen LogP contribution is -2.01. The van der Waals surface area contributed by atoms with Gasteiger partial charge in [-0.15, -0.1) is 24.0 Å². The fourth-order valence-corrected chi connectivity index (χ4v) is 6.35. The molecule has 23 heteroatoms. The summed E-state index contributed by atoms with van der Waals surface area (Å²) < 4.78 is 81.0. The molecule has 0 saturated carbocycles. The molecule has 0 bridgehead atoms. The zero-order valence-electron chi connectivity index (χ0n) is 24.8. The van der Waals surface area contributed by atoms with Crippen molar-refractivity contribution in [1.29, 1.82) is 0 Å². The van der Waals surface area contributed by atoms with Gasteiger partial charge in [-0.25, -0.2) is 10.5 Å². The summed E-state index contributed by atoms with van der Waals surface area (Å²) in [6.45, 7) is 2.46. The molecule has 0 amide bonds. The lowest BCUT2D eigenvalue weighted by molar-refractivity contribution is -0.432. The first-order chi connectivity index (χ1) is 23.2. The van der Waals surface area contributed by atoms with Crippen molar-refractivity contribution in [2.45, 2.75) is 33.4 Å². The number of phenolic OH excluding ortho intramolecular Hbond substituents is 1. The number of aliphatic hydroxyl groups is 1. The van der Waals surface area contributed by atoms with E-state index in [1.807, 2.05) is 0 Å². The summed E-state index contributed by atoms with van der Waals surface area (Å²) in [4.78, 5) is -0.824. The van der Waals surface area contributed by atoms with E-state index in [1.165, 1.54) is 37.3 Å². The number of ether oxygens (including phenoxy) is 1. The highest BCUT2D eigenvalue weighted by Crippen LogP contribution is 2.46. The number of fused-ring (bicyclic) bond motifs is 1. The molecule has 0 aliphatic heterocycles. The normalized spacial score (nSPS) is 12.5. The number of aliphatic hydroxyl groups excluding tert-OH is 1. The van der Waals surface area contributed by atoms with Crippen molar-refractivity contribution in [3.05, 3.63) is 59.7 Å². The maximum Gasteiger partial charge on any atom is 0.296 e. The van der Waals surface area contributed by atoms with Gasteiger partial charge in [-0.1, -0.05) is 10.1 Å². The van der Waals surface area contributed by atoms with E-state index in [1.54, 1.807) is 6.92 Å². The summed E-state index contributed by atoms with van der Waals surface area (Å²) in [6.07, 6.45) is 0. The fourth-order valence-electron chi connectivity index (χ4n) is 4.25. The largest absolute Gasteiger partial charge is 0.505 e. The van der Waals surface area contributed by atoms with Crippen LogP contribution >= 0.6 is 24.1 Å². The topological polar surface area (TPSA) is 285 Å². The van der Waals surface area contributed by atoms with Crippen molar-refractivity contribution in [2.75, 3.05) is 13.2 Å². The molecule has 19 nitrogen and oxygen atoms in total. The van der Waals surface area contributed by atoms with Crippen LogP contribution in [0.15, 0.2) is 88.6 Å². The number of rotatable bonds is 15. The zero-order chi connectivity index (χ0) is 35.9. The summed E-state index contributed by atoms with van der Waals surface area (Å²) in [5, 5.41) is 61.5. The molecule has 0 aliphatic carbocycles. The Kier molecular flexibility index (Phi) is 12.6. The summed E-state index contributed by atoms with van der Waals surface area (Å²) in [5.41, 5.74) is 0.315. The summed E-state index contributed by atoms with van der Waals surface area (Å²) in [5.74, 6) is -0.473. The zero-order valence-corrected chi connectivity index (χ0v) is 28.1. The SMILES string of the molecule is Cc1cc(N=Nc2c(SOOO)cc3cc(S(=O)(=O)O)cc(C)c3c2O)c(OCCO)cc1N=Nc1cc(SOOO)ccc1S(=O)(=O)O. The van der Waals surface area contributed by atoms with Crippen LogP contribution in [0.1, 0.15) is 11.1 Å². The number of aryl methyl sites for hydroxylation is 2. The minimum absolute atomic E-state index is 0.00329. The van der Waals surface area contributed by atoms with Gasteiger partial charge in [-0.05, 0) is 72.8 Å². The number of azo groups is 2. The van der Waals surface area contributed by atoms with Crippen LogP contribution in [0.25, 0.3) is 10.8 Å². The maximum absolute atomic E-state index is 11.9. The predicted octanol–water partition coefficient (Wildman–Crippen LogP) is 6.71. The van der Waals surface area contributed by atoms with E-state index in [-0.39, 0.29) is 61.2 Å². The van der Waals surface area contributed by atoms with Gasteiger partial charge in [0, 0.05) is 16.3 Å². The van der Waals surface area contributed by atoms with Crippen molar-refractivity contribution in [2.24, 2.45) is 20.5 Å². The highest BCUT2D eigenvalue weighted by atomic mass is 32.2. The van der Waals surface area contributed by atoms with Gasteiger partial charge >= 0.3 is 0 Å². The van der Waals surface area contributed by atoms with Crippen LogP contribution in [0.4, 0.5) is 22.7 Å². The van der Waals surface area contributed by atoms with E-state index in [9.17, 15) is 36.2 Å². The Hall–Kier alpha value is -3.82. The second-order valence-electron chi connectivity index (χ2n) is 9.52. The van der Waals surface area contributed by atoms with Crippen molar-refractivity contribution >= 4 is 77.8 Å². The van der Waals surface area contributed by atoms with Gasteiger partial charge in [0.15, 0.2) is 5.75 Å². The molecule has 4 aromatic rings. The lowest BCUT2D eigenvalue weighted by Gasteiger charge is -2.13. The molecular formula is C26H24N4O15S4. The predicted molar refractivity (Wildman–Crippen MR) is 170 cm³/mol. The van der Waals surface area contributed by atoms with Crippen LogP contribution in [0.5, 0.6) is 11.5 Å². The van der Waals surface area contributed by atoms with Crippen LogP contribution in [0.3, 0.4) is 0 Å². The molecule has 262 valence electrons. The van der Waals surface area contributed by atoms with Crippen molar-refractivity contribution in [3.8, 4) is 11.5 Å². The Labute approximate surface area is 285 Å². The third kappa shape index (κ3) is 9.45.